The lowest BCUT2D eigenvalue weighted by atomic mass is 10.2. The lowest BCUT2D eigenvalue weighted by Crippen LogP contribution is -2.20. The van der Waals surface area contributed by atoms with Crippen molar-refractivity contribution in [3.63, 3.8) is 0 Å². The Labute approximate surface area is 102 Å². The lowest BCUT2D eigenvalue weighted by Gasteiger charge is -2.11. The summed E-state index contributed by atoms with van der Waals surface area (Å²) in [5.74, 6) is 0.307. The van der Waals surface area contributed by atoms with Crippen molar-refractivity contribution in [1.82, 2.24) is 5.32 Å². The summed E-state index contributed by atoms with van der Waals surface area (Å²) in [6.07, 6.45) is 1.09. The first-order valence-electron chi connectivity index (χ1n) is 5.89. The van der Waals surface area contributed by atoms with Gasteiger partial charge in [-0.05, 0) is 37.1 Å². The van der Waals surface area contributed by atoms with Gasteiger partial charge in [0.15, 0.2) is 0 Å². The molecule has 0 unspecified atom stereocenters. The van der Waals surface area contributed by atoms with E-state index >= 15 is 0 Å². The molecule has 0 spiro atoms. The van der Waals surface area contributed by atoms with E-state index in [1.807, 2.05) is 6.92 Å². The quantitative estimate of drug-likeness (QED) is 0.581. The molecule has 0 atom stereocenters. The second-order valence-electron chi connectivity index (χ2n) is 4.13. The second kappa shape index (κ2) is 7.07. The molecule has 1 N–H and O–H groups in total. The van der Waals surface area contributed by atoms with E-state index < -0.39 is 0 Å². The lowest BCUT2D eigenvalue weighted by molar-refractivity contribution is 0.344. The minimum Gasteiger partial charge on any atom is -0.489 e. The van der Waals surface area contributed by atoms with Gasteiger partial charge in [0.25, 0.3) is 0 Å². The van der Waals surface area contributed by atoms with Crippen LogP contribution in [-0.4, -0.2) is 19.7 Å². The Morgan fingerprint density at radius 2 is 2.24 bits per heavy atom. The molecule has 3 heteroatoms. The third kappa shape index (κ3) is 5.00. The smallest absolute Gasteiger partial charge is 0.126 e. The number of ether oxygens (including phenoxy) is 1. The zero-order valence-corrected chi connectivity index (χ0v) is 10.6. The predicted octanol–water partition coefficient (Wildman–Crippen LogP) is 3.07. The highest BCUT2D eigenvalue weighted by Crippen LogP contribution is 2.19. The fourth-order valence-corrected chi connectivity index (χ4v) is 1.40. The van der Waals surface area contributed by atoms with Crippen molar-refractivity contribution in [2.45, 2.75) is 20.3 Å². The molecule has 0 aliphatic carbocycles. The Morgan fingerprint density at radius 3 is 2.94 bits per heavy atom. The Kier molecular flexibility index (Phi) is 5.70. The van der Waals surface area contributed by atoms with Crippen LogP contribution in [0.15, 0.2) is 30.4 Å². The minimum absolute atomic E-state index is 0.277. The normalized spacial score (nSPS) is 10.3. The summed E-state index contributed by atoms with van der Waals surface area (Å²) in [5.41, 5.74) is 1.89. The number of hydrogen-bond donors (Lipinski definition) is 1. The molecule has 0 aliphatic heterocycles. The van der Waals surface area contributed by atoms with Crippen LogP contribution in [0, 0.1) is 12.7 Å². The van der Waals surface area contributed by atoms with Crippen molar-refractivity contribution in [2.75, 3.05) is 19.7 Å². The second-order valence-corrected chi connectivity index (χ2v) is 4.13. The average Bonchev–Trinajstić information content (AvgIpc) is 2.31. The molecule has 1 aromatic rings. The first-order valence-corrected chi connectivity index (χ1v) is 5.89. The summed E-state index contributed by atoms with van der Waals surface area (Å²) in [6, 6.07) is 4.55. The number of rotatable bonds is 7. The Bertz CT molecular complexity index is 376. The maximum absolute atomic E-state index is 13.0. The van der Waals surface area contributed by atoms with E-state index in [2.05, 4.69) is 18.8 Å². The maximum Gasteiger partial charge on any atom is 0.126 e. The zero-order chi connectivity index (χ0) is 12.7. The van der Waals surface area contributed by atoms with Gasteiger partial charge in [0.2, 0.25) is 0 Å². The number of aryl methyl sites for hydroxylation is 1. The SMILES string of the molecule is C=C(CNCCC)COc1cc(F)ccc1C. The summed E-state index contributed by atoms with van der Waals surface area (Å²) in [5, 5.41) is 3.24. The van der Waals surface area contributed by atoms with Crippen molar-refractivity contribution in [2.24, 2.45) is 0 Å². The van der Waals surface area contributed by atoms with Gasteiger partial charge in [-0.15, -0.1) is 0 Å². The van der Waals surface area contributed by atoms with E-state index in [0.717, 1.165) is 30.6 Å². The summed E-state index contributed by atoms with van der Waals surface area (Å²) < 4.78 is 18.5. The van der Waals surface area contributed by atoms with Crippen LogP contribution in [-0.2, 0) is 0 Å². The van der Waals surface area contributed by atoms with Gasteiger partial charge in [-0.2, -0.15) is 0 Å². The molecular weight excluding hydrogens is 217 g/mol. The van der Waals surface area contributed by atoms with Crippen LogP contribution >= 0.6 is 0 Å². The molecule has 0 radical (unpaired) electrons. The van der Waals surface area contributed by atoms with Gasteiger partial charge < -0.3 is 10.1 Å². The van der Waals surface area contributed by atoms with Crippen LogP contribution in [0.3, 0.4) is 0 Å². The summed E-state index contributed by atoms with van der Waals surface area (Å²) in [4.78, 5) is 0. The molecule has 0 bridgehead atoms. The highest BCUT2D eigenvalue weighted by atomic mass is 19.1. The van der Waals surface area contributed by atoms with E-state index in [4.69, 9.17) is 4.74 Å². The van der Waals surface area contributed by atoms with Crippen molar-refractivity contribution in [3.8, 4) is 5.75 Å². The van der Waals surface area contributed by atoms with Crippen LogP contribution in [0.25, 0.3) is 0 Å². The third-order valence-electron chi connectivity index (χ3n) is 2.38. The number of halogens is 1. The summed E-state index contributed by atoms with van der Waals surface area (Å²) in [6.45, 7) is 10.0. The Morgan fingerprint density at radius 1 is 1.47 bits per heavy atom. The van der Waals surface area contributed by atoms with Crippen LogP contribution in [0.4, 0.5) is 4.39 Å². The highest BCUT2D eigenvalue weighted by Gasteiger charge is 2.02. The van der Waals surface area contributed by atoms with Crippen molar-refractivity contribution in [3.05, 3.63) is 41.7 Å². The number of hydrogen-bond acceptors (Lipinski definition) is 2. The molecule has 0 fully saturated rings. The van der Waals surface area contributed by atoms with Crippen molar-refractivity contribution >= 4 is 0 Å². The molecule has 2 nitrogen and oxygen atoms in total. The fourth-order valence-electron chi connectivity index (χ4n) is 1.40. The molecule has 0 saturated heterocycles. The molecule has 17 heavy (non-hydrogen) atoms. The first-order chi connectivity index (χ1) is 8.13. The fraction of sp³-hybridized carbons (Fsp3) is 0.429. The number of nitrogens with one attached hydrogen (secondary N) is 1. The van der Waals surface area contributed by atoms with E-state index in [-0.39, 0.29) is 5.82 Å². The van der Waals surface area contributed by atoms with Crippen LogP contribution < -0.4 is 10.1 Å². The van der Waals surface area contributed by atoms with Gasteiger partial charge in [-0.25, -0.2) is 4.39 Å². The Balaban J connectivity index is 2.39. The monoisotopic (exact) mass is 237 g/mol. The molecule has 0 heterocycles. The summed E-state index contributed by atoms with van der Waals surface area (Å²) in [7, 11) is 0. The summed E-state index contributed by atoms with van der Waals surface area (Å²) >= 11 is 0. The van der Waals surface area contributed by atoms with E-state index in [9.17, 15) is 4.39 Å². The van der Waals surface area contributed by atoms with Gasteiger partial charge in [-0.1, -0.05) is 19.6 Å². The molecule has 0 amide bonds. The van der Waals surface area contributed by atoms with Gasteiger partial charge in [0.1, 0.15) is 18.2 Å². The largest absolute Gasteiger partial charge is 0.489 e. The average molecular weight is 237 g/mol. The van der Waals surface area contributed by atoms with Crippen molar-refractivity contribution < 1.29 is 9.13 Å². The molecular formula is C14H20FNO. The van der Waals surface area contributed by atoms with Crippen LogP contribution in [0.5, 0.6) is 5.75 Å². The maximum atomic E-state index is 13.0. The number of benzene rings is 1. The van der Waals surface area contributed by atoms with Crippen LogP contribution in [0.2, 0.25) is 0 Å². The van der Waals surface area contributed by atoms with Crippen molar-refractivity contribution in [1.29, 1.82) is 0 Å². The predicted molar refractivity (Wildman–Crippen MR) is 68.9 cm³/mol. The molecule has 1 aromatic carbocycles. The highest BCUT2D eigenvalue weighted by molar-refractivity contribution is 5.32. The van der Waals surface area contributed by atoms with Gasteiger partial charge in [0, 0.05) is 12.6 Å². The standard InChI is InChI=1S/C14H20FNO/c1-4-7-16-9-11(2)10-17-14-8-13(15)6-5-12(14)3/h5-6,8,16H,2,4,7,9-10H2,1,3H3. The van der Waals surface area contributed by atoms with E-state index in [1.54, 1.807) is 6.07 Å². The molecule has 0 aliphatic rings. The third-order valence-corrected chi connectivity index (χ3v) is 2.38. The topological polar surface area (TPSA) is 21.3 Å². The Hall–Kier alpha value is -1.35. The molecule has 0 aromatic heterocycles. The first kappa shape index (κ1) is 13.7. The van der Waals surface area contributed by atoms with Crippen LogP contribution in [0.1, 0.15) is 18.9 Å². The van der Waals surface area contributed by atoms with Gasteiger partial charge in [-0.3, -0.25) is 0 Å². The van der Waals surface area contributed by atoms with E-state index in [0.29, 0.717) is 12.4 Å². The molecule has 1 rings (SSSR count). The van der Waals surface area contributed by atoms with Gasteiger partial charge in [0.05, 0.1) is 0 Å². The minimum atomic E-state index is -0.277. The van der Waals surface area contributed by atoms with E-state index in [1.165, 1.54) is 12.1 Å². The van der Waals surface area contributed by atoms with Gasteiger partial charge >= 0.3 is 0 Å². The molecule has 94 valence electrons. The zero-order valence-electron chi connectivity index (χ0n) is 10.6. The molecule has 0 saturated carbocycles.